The maximum Gasteiger partial charge on any atom is 0.293 e. The second kappa shape index (κ2) is 7.90. The average molecular weight is 553 g/mol. The first-order valence-electron chi connectivity index (χ1n) is 6.67. The molecule has 4 nitrogen and oxygen atoms in total. The van der Waals surface area contributed by atoms with Gasteiger partial charge < -0.3 is 4.74 Å². The third kappa shape index (κ3) is 4.22. The van der Waals surface area contributed by atoms with Gasteiger partial charge in [0.25, 0.3) is 11.1 Å². The number of rotatable bonds is 4. The molecular formula is C16H13I2NO3S. The van der Waals surface area contributed by atoms with E-state index in [0.29, 0.717) is 4.91 Å². The minimum Gasteiger partial charge on any atom is -0.479 e. The second-order valence-corrected chi connectivity index (χ2v) is 8.27. The monoisotopic (exact) mass is 553 g/mol. The van der Waals surface area contributed by atoms with Gasteiger partial charge in [-0.25, -0.2) is 0 Å². The third-order valence-corrected chi connectivity index (χ3v) is 5.44. The number of carbonyl (C=O) groups excluding carboxylic acids is 2. The summed E-state index contributed by atoms with van der Waals surface area (Å²) in [7, 11) is 0. The van der Waals surface area contributed by atoms with Crippen molar-refractivity contribution < 1.29 is 14.3 Å². The van der Waals surface area contributed by atoms with Crippen molar-refractivity contribution >= 4 is 74.2 Å². The van der Waals surface area contributed by atoms with E-state index < -0.39 is 0 Å². The van der Waals surface area contributed by atoms with Crippen LogP contribution in [0, 0.1) is 19.5 Å². The zero-order chi connectivity index (χ0) is 17.1. The van der Waals surface area contributed by atoms with Crippen LogP contribution < -0.4 is 4.74 Å². The topological polar surface area (TPSA) is 46.6 Å². The molecule has 1 heterocycles. The molecule has 0 unspecified atom stereocenters. The normalized spacial score (nSPS) is 16.3. The van der Waals surface area contributed by atoms with Crippen LogP contribution in [0.3, 0.4) is 0 Å². The maximum atomic E-state index is 12.3. The Bertz CT molecular complexity index is 714. The molecule has 1 aromatic carbocycles. The van der Waals surface area contributed by atoms with E-state index in [9.17, 15) is 9.59 Å². The Labute approximate surface area is 166 Å². The molecule has 0 saturated carbocycles. The molecule has 1 saturated heterocycles. The summed E-state index contributed by atoms with van der Waals surface area (Å²) in [5, 5.41) is -0.227. The third-order valence-electron chi connectivity index (χ3n) is 2.96. The fourth-order valence-electron chi connectivity index (χ4n) is 1.99. The molecular weight excluding hydrogens is 540 g/mol. The molecule has 1 aliphatic heterocycles. The maximum absolute atomic E-state index is 12.3. The minimum atomic E-state index is -0.243. The lowest BCUT2D eigenvalue weighted by atomic mass is 10.2. The highest BCUT2D eigenvalue weighted by Crippen LogP contribution is 2.35. The van der Waals surface area contributed by atoms with E-state index in [4.69, 9.17) is 11.2 Å². The molecule has 0 spiro atoms. The predicted octanol–water partition coefficient (Wildman–Crippen LogP) is 4.35. The first-order valence-corrected chi connectivity index (χ1v) is 9.65. The standard InChI is InChI=1S/C16H13I2NO3S/c1-4-5-22-14-11(17)6-10(7-12(14)18)8-13-15(20)19(9(2)3)16(21)23-13/h1,6-9H,5H2,2-3H3/b13-8+. The minimum absolute atomic E-state index is 0.145. The quantitative estimate of drug-likeness (QED) is 0.316. The number of ether oxygens (including phenoxy) is 1. The lowest BCUT2D eigenvalue weighted by Crippen LogP contribution is -2.34. The van der Waals surface area contributed by atoms with Gasteiger partial charge >= 0.3 is 0 Å². The number of halogens is 2. The molecule has 1 aliphatic rings. The molecule has 0 bridgehead atoms. The van der Waals surface area contributed by atoms with Crippen LogP contribution in [0.15, 0.2) is 17.0 Å². The lowest BCUT2D eigenvalue weighted by Gasteiger charge is -2.16. The number of hydrogen-bond donors (Lipinski definition) is 0. The summed E-state index contributed by atoms with van der Waals surface area (Å²) in [5.74, 6) is 2.93. The van der Waals surface area contributed by atoms with Gasteiger partial charge in [-0.05, 0) is 94.6 Å². The van der Waals surface area contributed by atoms with E-state index in [1.54, 1.807) is 6.08 Å². The smallest absolute Gasteiger partial charge is 0.293 e. The summed E-state index contributed by atoms with van der Waals surface area (Å²) >= 11 is 5.30. The summed E-state index contributed by atoms with van der Waals surface area (Å²) in [6.45, 7) is 3.85. The number of benzene rings is 1. The van der Waals surface area contributed by atoms with Crippen LogP contribution in [0.5, 0.6) is 5.75 Å². The van der Waals surface area contributed by atoms with Crippen molar-refractivity contribution in [3.05, 3.63) is 29.7 Å². The molecule has 120 valence electrons. The van der Waals surface area contributed by atoms with Crippen LogP contribution in [0.2, 0.25) is 0 Å². The van der Waals surface area contributed by atoms with Crippen molar-refractivity contribution in [3.8, 4) is 18.1 Å². The van der Waals surface area contributed by atoms with E-state index in [0.717, 1.165) is 30.2 Å². The second-order valence-electron chi connectivity index (χ2n) is 4.95. The molecule has 23 heavy (non-hydrogen) atoms. The number of amides is 2. The molecule has 0 aliphatic carbocycles. The highest BCUT2D eigenvalue weighted by Gasteiger charge is 2.36. The van der Waals surface area contributed by atoms with Crippen LogP contribution in [0.1, 0.15) is 19.4 Å². The summed E-state index contributed by atoms with van der Waals surface area (Å²) < 4.78 is 7.33. The Morgan fingerprint density at radius 2 is 1.96 bits per heavy atom. The molecule has 2 amide bonds. The highest BCUT2D eigenvalue weighted by molar-refractivity contribution is 14.1. The van der Waals surface area contributed by atoms with E-state index in [-0.39, 0.29) is 23.8 Å². The van der Waals surface area contributed by atoms with E-state index in [1.807, 2.05) is 26.0 Å². The zero-order valence-electron chi connectivity index (χ0n) is 12.4. The number of terminal acetylenes is 1. The Balaban J connectivity index is 2.32. The van der Waals surface area contributed by atoms with E-state index in [1.165, 1.54) is 4.90 Å². The predicted molar refractivity (Wildman–Crippen MR) is 109 cm³/mol. The van der Waals surface area contributed by atoms with Crippen LogP contribution >= 0.6 is 56.9 Å². The van der Waals surface area contributed by atoms with E-state index >= 15 is 0 Å². The lowest BCUT2D eigenvalue weighted by molar-refractivity contribution is -0.123. The fourth-order valence-corrected chi connectivity index (χ4v) is 5.08. The van der Waals surface area contributed by atoms with Gasteiger partial charge in [-0.1, -0.05) is 5.92 Å². The van der Waals surface area contributed by atoms with Gasteiger partial charge in [0.1, 0.15) is 12.4 Å². The zero-order valence-corrected chi connectivity index (χ0v) is 17.6. The van der Waals surface area contributed by atoms with Gasteiger partial charge in [-0.3, -0.25) is 14.5 Å². The van der Waals surface area contributed by atoms with Gasteiger partial charge in [-0.15, -0.1) is 6.42 Å². The number of imide groups is 1. The average Bonchev–Trinajstić information content (AvgIpc) is 2.72. The van der Waals surface area contributed by atoms with Crippen molar-refractivity contribution in [3.63, 3.8) is 0 Å². The van der Waals surface area contributed by atoms with Crippen molar-refractivity contribution in [1.82, 2.24) is 4.90 Å². The van der Waals surface area contributed by atoms with Gasteiger partial charge in [0, 0.05) is 6.04 Å². The first kappa shape index (κ1) is 18.6. The number of hydrogen-bond acceptors (Lipinski definition) is 4. The first-order chi connectivity index (χ1) is 10.8. The molecule has 1 aromatic rings. The number of thioether (sulfide) groups is 1. The van der Waals surface area contributed by atoms with Crippen LogP contribution in [-0.4, -0.2) is 28.7 Å². The summed E-state index contributed by atoms with van der Waals surface area (Å²) in [6.07, 6.45) is 6.95. The van der Waals surface area contributed by atoms with E-state index in [2.05, 4.69) is 51.1 Å². The molecule has 1 fully saturated rings. The van der Waals surface area contributed by atoms with Gasteiger partial charge in [0.2, 0.25) is 0 Å². The van der Waals surface area contributed by atoms with Crippen molar-refractivity contribution in [1.29, 1.82) is 0 Å². The number of nitrogens with zero attached hydrogens (tertiary/aromatic N) is 1. The van der Waals surface area contributed by atoms with Crippen molar-refractivity contribution in [2.24, 2.45) is 0 Å². The summed E-state index contributed by atoms with van der Waals surface area (Å²) in [5.41, 5.74) is 0.848. The summed E-state index contributed by atoms with van der Waals surface area (Å²) in [6, 6.07) is 3.66. The Morgan fingerprint density at radius 1 is 1.35 bits per heavy atom. The SMILES string of the molecule is C#CCOc1c(I)cc(/C=C2/SC(=O)N(C(C)C)C2=O)cc1I. The molecule has 0 radical (unpaired) electrons. The Morgan fingerprint density at radius 3 is 2.43 bits per heavy atom. The molecule has 2 rings (SSSR count). The van der Waals surface area contributed by atoms with Crippen LogP contribution in [-0.2, 0) is 4.79 Å². The number of carbonyl (C=O) groups is 2. The Kier molecular flexibility index (Phi) is 6.39. The summed E-state index contributed by atoms with van der Waals surface area (Å²) in [4.78, 5) is 25.9. The van der Waals surface area contributed by atoms with Crippen LogP contribution in [0.25, 0.3) is 6.08 Å². The van der Waals surface area contributed by atoms with Gasteiger partial charge in [0.05, 0.1) is 12.0 Å². The van der Waals surface area contributed by atoms with Crippen molar-refractivity contribution in [2.75, 3.05) is 6.61 Å². The molecule has 0 atom stereocenters. The van der Waals surface area contributed by atoms with Gasteiger partial charge in [0.15, 0.2) is 0 Å². The molecule has 0 aromatic heterocycles. The molecule has 0 N–H and O–H groups in total. The Hall–Kier alpha value is -0.730. The highest BCUT2D eigenvalue weighted by atomic mass is 127. The largest absolute Gasteiger partial charge is 0.479 e. The van der Waals surface area contributed by atoms with Gasteiger partial charge in [-0.2, -0.15) is 0 Å². The molecule has 7 heteroatoms. The van der Waals surface area contributed by atoms with Crippen molar-refractivity contribution in [2.45, 2.75) is 19.9 Å². The fraction of sp³-hybridized carbons (Fsp3) is 0.250. The van der Waals surface area contributed by atoms with Crippen LogP contribution in [0.4, 0.5) is 4.79 Å².